The number of ketones is 1. The fourth-order valence-corrected chi connectivity index (χ4v) is 1.61. The van der Waals surface area contributed by atoms with Gasteiger partial charge in [0.25, 0.3) is 0 Å². The van der Waals surface area contributed by atoms with Gasteiger partial charge in [-0.1, -0.05) is 0 Å². The predicted molar refractivity (Wildman–Crippen MR) is 34.4 cm³/mol. The molecule has 10 heavy (non-hydrogen) atoms. The van der Waals surface area contributed by atoms with Crippen LogP contribution in [0.4, 0.5) is 0 Å². The standard InChI is InChI=1S/C7H9NO2/c9-6-4-8-5(6)2-1-3-7(8)10/h5H,1-4H2/t5-/m0/s1. The lowest BCUT2D eigenvalue weighted by Gasteiger charge is -2.42. The van der Waals surface area contributed by atoms with Crippen LogP contribution in [0.1, 0.15) is 19.3 Å². The molecule has 54 valence electrons. The van der Waals surface area contributed by atoms with Crippen molar-refractivity contribution in [2.24, 2.45) is 0 Å². The average molecular weight is 139 g/mol. The summed E-state index contributed by atoms with van der Waals surface area (Å²) < 4.78 is 0. The quantitative estimate of drug-likeness (QED) is 0.472. The molecule has 3 heteroatoms. The molecule has 2 rings (SSSR count). The largest absolute Gasteiger partial charge is 0.325 e. The molecule has 2 aliphatic rings. The minimum Gasteiger partial charge on any atom is -0.325 e. The Balaban J connectivity index is 2.12. The molecule has 3 nitrogen and oxygen atoms in total. The van der Waals surface area contributed by atoms with E-state index in [4.69, 9.17) is 0 Å². The third kappa shape index (κ3) is 0.602. The zero-order valence-corrected chi connectivity index (χ0v) is 5.67. The number of fused-ring (bicyclic) bond motifs is 1. The van der Waals surface area contributed by atoms with Gasteiger partial charge in [-0.05, 0) is 12.8 Å². The third-order valence-corrected chi connectivity index (χ3v) is 2.26. The molecule has 0 bridgehead atoms. The summed E-state index contributed by atoms with van der Waals surface area (Å²) in [6.07, 6.45) is 2.43. The van der Waals surface area contributed by atoms with Crippen molar-refractivity contribution in [3.05, 3.63) is 0 Å². The SMILES string of the molecule is O=C1CN2C(=O)CCC[C@@H]12. The normalized spacial score (nSPS) is 31.6. The van der Waals surface area contributed by atoms with E-state index < -0.39 is 0 Å². The van der Waals surface area contributed by atoms with Crippen LogP contribution in [0.5, 0.6) is 0 Å². The first-order valence-electron chi connectivity index (χ1n) is 3.61. The molecule has 0 saturated carbocycles. The van der Waals surface area contributed by atoms with E-state index in [1.54, 1.807) is 4.90 Å². The second kappa shape index (κ2) is 1.81. The van der Waals surface area contributed by atoms with Gasteiger partial charge in [0.15, 0.2) is 5.78 Å². The van der Waals surface area contributed by atoms with Crippen LogP contribution in [-0.4, -0.2) is 29.2 Å². The highest BCUT2D eigenvalue weighted by molar-refractivity contribution is 5.99. The summed E-state index contributed by atoms with van der Waals surface area (Å²) >= 11 is 0. The average Bonchev–Trinajstić information content (AvgIpc) is 1.91. The lowest BCUT2D eigenvalue weighted by molar-refractivity contribution is -0.155. The van der Waals surface area contributed by atoms with E-state index in [-0.39, 0.29) is 17.7 Å². The summed E-state index contributed by atoms with van der Waals surface area (Å²) in [7, 11) is 0. The Labute approximate surface area is 59.0 Å². The summed E-state index contributed by atoms with van der Waals surface area (Å²) in [5, 5.41) is 0. The van der Waals surface area contributed by atoms with E-state index in [0.717, 1.165) is 12.8 Å². The first-order chi connectivity index (χ1) is 4.79. The molecule has 2 saturated heterocycles. The Hall–Kier alpha value is -0.860. The van der Waals surface area contributed by atoms with Crippen molar-refractivity contribution in [1.82, 2.24) is 4.90 Å². The van der Waals surface area contributed by atoms with Crippen LogP contribution in [0.3, 0.4) is 0 Å². The van der Waals surface area contributed by atoms with Gasteiger partial charge >= 0.3 is 0 Å². The lowest BCUT2D eigenvalue weighted by atomic mass is 9.91. The predicted octanol–water partition coefficient (Wildman–Crippen LogP) is -0.0498. The molecule has 0 aromatic heterocycles. The van der Waals surface area contributed by atoms with E-state index in [2.05, 4.69) is 0 Å². The molecular formula is C7H9NO2. The topological polar surface area (TPSA) is 37.4 Å². The van der Waals surface area contributed by atoms with Crippen molar-refractivity contribution in [2.45, 2.75) is 25.3 Å². The van der Waals surface area contributed by atoms with E-state index in [1.807, 2.05) is 0 Å². The van der Waals surface area contributed by atoms with Crippen molar-refractivity contribution < 1.29 is 9.59 Å². The second-order valence-electron chi connectivity index (χ2n) is 2.90. The number of rotatable bonds is 0. The number of hydrogen-bond donors (Lipinski definition) is 0. The van der Waals surface area contributed by atoms with Gasteiger partial charge in [-0.15, -0.1) is 0 Å². The molecule has 0 aromatic carbocycles. The molecule has 0 spiro atoms. The van der Waals surface area contributed by atoms with Crippen LogP contribution in [0.2, 0.25) is 0 Å². The van der Waals surface area contributed by atoms with Gasteiger partial charge in [0.1, 0.15) is 0 Å². The van der Waals surface area contributed by atoms with Gasteiger partial charge in [-0.3, -0.25) is 9.59 Å². The Kier molecular flexibility index (Phi) is 1.07. The van der Waals surface area contributed by atoms with Gasteiger partial charge in [-0.25, -0.2) is 0 Å². The smallest absolute Gasteiger partial charge is 0.223 e. The minimum atomic E-state index is -0.0266. The van der Waals surface area contributed by atoms with Gasteiger partial charge in [0.05, 0.1) is 12.6 Å². The fourth-order valence-electron chi connectivity index (χ4n) is 1.61. The van der Waals surface area contributed by atoms with Crippen LogP contribution in [0.15, 0.2) is 0 Å². The van der Waals surface area contributed by atoms with Gasteiger partial charge < -0.3 is 4.90 Å². The summed E-state index contributed by atoms with van der Waals surface area (Å²) in [6, 6.07) is -0.0266. The maximum absolute atomic E-state index is 11.0. The maximum Gasteiger partial charge on any atom is 0.223 e. The van der Waals surface area contributed by atoms with Crippen molar-refractivity contribution in [1.29, 1.82) is 0 Å². The Bertz CT molecular complexity index is 200. The molecule has 2 aliphatic heterocycles. The van der Waals surface area contributed by atoms with Gasteiger partial charge in [0.2, 0.25) is 5.91 Å². The molecule has 1 atom stereocenters. The zero-order chi connectivity index (χ0) is 7.14. The molecule has 0 aliphatic carbocycles. The van der Waals surface area contributed by atoms with Gasteiger partial charge in [-0.2, -0.15) is 0 Å². The molecule has 2 fully saturated rings. The van der Waals surface area contributed by atoms with Crippen molar-refractivity contribution >= 4 is 11.7 Å². The monoisotopic (exact) mass is 139 g/mol. The highest BCUT2D eigenvalue weighted by atomic mass is 16.2. The van der Waals surface area contributed by atoms with E-state index in [0.29, 0.717) is 13.0 Å². The van der Waals surface area contributed by atoms with Crippen molar-refractivity contribution in [2.75, 3.05) is 6.54 Å². The molecule has 0 aromatic rings. The highest BCUT2D eigenvalue weighted by Gasteiger charge is 2.42. The molecule has 2 heterocycles. The second-order valence-corrected chi connectivity index (χ2v) is 2.90. The number of Topliss-reactive ketones (excluding diaryl/α,β-unsaturated/α-hetero) is 1. The molecule has 0 N–H and O–H groups in total. The first-order valence-corrected chi connectivity index (χ1v) is 3.61. The van der Waals surface area contributed by atoms with Crippen LogP contribution in [-0.2, 0) is 9.59 Å². The Morgan fingerprint density at radius 1 is 1.40 bits per heavy atom. The summed E-state index contributed by atoms with van der Waals surface area (Å²) in [5.74, 6) is 0.406. The molecule has 0 radical (unpaired) electrons. The van der Waals surface area contributed by atoms with E-state index in [1.165, 1.54) is 0 Å². The summed E-state index contributed by atoms with van der Waals surface area (Å²) in [5.41, 5.74) is 0. The van der Waals surface area contributed by atoms with E-state index >= 15 is 0 Å². The summed E-state index contributed by atoms with van der Waals surface area (Å²) in [6.45, 7) is 0.378. The highest BCUT2D eigenvalue weighted by Crippen LogP contribution is 2.25. The van der Waals surface area contributed by atoms with Crippen molar-refractivity contribution in [3.63, 3.8) is 0 Å². The Morgan fingerprint density at radius 2 is 2.20 bits per heavy atom. The third-order valence-electron chi connectivity index (χ3n) is 2.26. The molecule has 0 unspecified atom stereocenters. The number of carbonyl (C=O) groups is 2. The number of carbonyl (C=O) groups excluding carboxylic acids is 2. The van der Waals surface area contributed by atoms with Crippen LogP contribution < -0.4 is 0 Å². The summed E-state index contributed by atoms with van der Waals surface area (Å²) in [4.78, 5) is 23.5. The van der Waals surface area contributed by atoms with E-state index in [9.17, 15) is 9.59 Å². The zero-order valence-electron chi connectivity index (χ0n) is 5.67. The lowest BCUT2D eigenvalue weighted by Crippen LogP contribution is -2.61. The number of hydrogen-bond acceptors (Lipinski definition) is 2. The fraction of sp³-hybridized carbons (Fsp3) is 0.714. The number of nitrogens with zero attached hydrogens (tertiary/aromatic N) is 1. The molecular weight excluding hydrogens is 130 g/mol. The van der Waals surface area contributed by atoms with Gasteiger partial charge in [0, 0.05) is 6.42 Å². The first kappa shape index (κ1) is 5.89. The van der Waals surface area contributed by atoms with Crippen LogP contribution in [0.25, 0.3) is 0 Å². The maximum atomic E-state index is 11.0. The number of amides is 1. The number of piperidine rings is 1. The Morgan fingerprint density at radius 3 is 2.80 bits per heavy atom. The minimum absolute atomic E-state index is 0.0266. The van der Waals surface area contributed by atoms with Crippen LogP contribution >= 0.6 is 0 Å². The van der Waals surface area contributed by atoms with Crippen LogP contribution in [0, 0.1) is 0 Å². The molecule has 1 amide bonds. The van der Waals surface area contributed by atoms with Crippen molar-refractivity contribution in [3.8, 4) is 0 Å².